The highest BCUT2D eigenvalue weighted by atomic mass is 35.5. The Bertz CT molecular complexity index is 1060. The molecule has 2 aromatic carbocycles. The van der Waals surface area contributed by atoms with E-state index in [2.05, 4.69) is 5.16 Å². The number of anilines is 1. The number of allylic oxidation sites excluding steroid dienone is 1. The maximum atomic E-state index is 13.9. The number of halogens is 8. The molecule has 170 valence electrons. The van der Waals surface area contributed by atoms with Gasteiger partial charge in [-0.05, 0) is 42.0 Å². The molecule has 1 aliphatic heterocycles. The van der Waals surface area contributed by atoms with E-state index in [9.17, 15) is 31.1 Å². The monoisotopic (exact) mass is 496 g/mol. The minimum absolute atomic E-state index is 0.00132. The van der Waals surface area contributed by atoms with Crippen LogP contribution < -0.4 is 5.32 Å². The second-order valence-corrected chi connectivity index (χ2v) is 7.61. The molecule has 0 radical (unpaired) electrons. The summed E-state index contributed by atoms with van der Waals surface area (Å²) in [6, 6.07) is 8.63. The van der Waals surface area contributed by atoms with Crippen LogP contribution in [0.5, 0.6) is 0 Å². The first kappa shape index (κ1) is 23.9. The van der Waals surface area contributed by atoms with Gasteiger partial charge in [-0.25, -0.2) is 0 Å². The smallest absolute Gasteiger partial charge is 0.374 e. The number of carbonyl (C=O) groups excluding carboxylic acids is 1. The van der Waals surface area contributed by atoms with Gasteiger partial charge in [0.15, 0.2) is 0 Å². The predicted molar refractivity (Wildman–Crippen MR) is 107 cm³/mol. The maximum Gasteiger partial charge on any atom is 0.471 e. The topological polar surface area (TPSA) is 50.7 Å². The van der Waals surface area contributed by atoms with Gasteiger partial charge in [0.2, 0.25) is 0 Å². The lowest BCUT2D eigenvalue weighted by atomic mass is 9.88. The zero-order valence-corrected chi connectivity index (χ0v) is 17.2. The average Bonchev–Trinajstić information content (AvgIpc) is 3.12. The van der Waals surface area contributed by atoms with Gasteiger partial charge in [0.05, 0.1) is 5.71 Å². The van der Waals surface area contributed by atoms with Crippen molar-refractivity contribution in [1.29, 1.82) is 0 Å². The Morgan fingerprint density at radius 3 is 2.12 bits per heavy atom. The van der Waals surface area contributed by atoms with E-state index >= 15 is 0 Å². The summed E-state index contributed by atoms with van der Waals surface area (Å²) in [5.41, 5.74) is -2.77. The number of benzene rings is 2. The Morgan fingerprint density at radius 2 is 1.59 bits per heavy atom. The van der Waals surface area contributed by atoms with E-state index in [0.717, 1.165) is 12.1 Å². The third kappa shape index (κ3) is 5.18. The van der Waals surface area contributed by atoms with Crippen molar-refractivity contribution in [3.8, 4) is 0 Å². The molecule has 1 heterocycles. The number of hydrogen-bond donors (Lipinski definition) is 1. The molecule has 0 saturated carbocycles. The highest BCUT2D eigenvalue weighted by molar-refractivity contribution is 6.34. The molecule has 0 bridgehead atoms. The highest BCUT2D eigenvalue weighted by Gasteiger charge is 2.62. The van der Waals surface area contributed by atoms with Crippen molar-refractivity contribution in [2.24, 2.45) is 5.16 Å². The molecule has 0 spiro atoms. The summed E-state index contributed by atoms with van der Waals surface area (Å²) in [6.07, 6.45) is -7.84. The van der Waals surface area contributed by atoms with E-state index in [1.807, 2.05) is 0 Å². The lowest BCUT2D eigenvalue weighted by Crippen LogP contribution is -2.42. The van der Waals surface area contributed by atoms with Crippen LogP contribution in [0.2, 0.25) is 10.0 Å². The molecule has 1 atom stereocenters. The third-order valence-corrected chi connectivity index (χ3v) is 4.87. The molecule has 0 aromatic heterocycles. The maximum absolute atomic E-state index is 13.9. The van der Waals surface area contributed by atoms with Crippen LogP contribution in [-0.2, 0) is 15.2 Å². The zero-order valence-electron chi connectivity index (χ0n) is 15.7. The first-order valence-electron chi connectivity index (χ1n) is 8.75. The molecule has 1 amide bonds. The number of hydrogen-bond acceptors (Lipinski definition) is 3. The van der Waals surface area contributed by atoms with Gasteiger partial charge in [-0.2, -0.15) is 26.3 Å². The first-order valence-corrected chi connectivity index (χ1v) is 9.50. The Morgan fingerprint density at radius 1 is 1.00 bits per heavy atom. The molecule has 3 rings (SSSR count). The fourth-order valence-electron chi connectivity index (χ4n) is 2.87. The van der Waals surface area contributed by atoms with Gasteiger partial charge in [0.25, 0.3) is 5.60 Å². The van der Waals surface area contributed by atoms with Crippen molar-refractivity contribution in [2.45, 2.75) is 24.4 Å². The summed E-state index contributed by atoms with van der Waals surface area (Å²) in [5.74, 6) is -2.12. The van der Waals surface area contributed by atoms with Crippen molar-refractivity contribution in [1.82, 2.24) is 0 Å². The average molecular weight is 497 g/mol. The third-order valence-electron chi connectivity index (χ3n) is 4.43. The standard InChI is InChI=1S/C20H12Cl2F6N2O2/c21-13-7-12(8-14(22)9-13)18(20(26,27)28)10-16(30-32-18)6-3-11-1-4-15(5-2-11)29-17(31)19(23,24)25/h1-9H,10H2,(H,29,31)/b6-3+. The summed E-state index contributed by atoms with van der Waals surface area (Å²) in [5, 5.41) is 5.22. The number of nitrogens with one attached hydrogen (secondary N) is 1. The van der Waals surface area contributed by atoms with Gasteiger partial charge >= 0.3 is 18.3 Å². The van der Waals surface area contributed by atoms with Crippen LogP contribution in [0.4, 0.5) is 32.0 Å². The fourth-order valence-corrected chi connectivity index (χ4v) is 3.40. The normalized spacial score (nSPS) is 19.1. The number of alkyl halides is 6. The van der Waals surface area contributed by atoms with Crippen molar-refractivity contribution in [3.05, 3.63) is 69.7 Å². The van der Waals surface area contributed by atoms with Gasteiger partial charge < -0.3 is 10.2 Å². The molecule has 0 saturated heterocycles. The molecule has 1 N–H and O–H groups in total. The van der Waals surface area contributed by atoms with Gasteiger partial charge in [-0.1, -0.05) is 46.6 Å². The second-order valence-electron chi connectivity index (χ2n) is 6.74. The van der Waals surface area contributed by atoms with Gasteiger partial charge in [-0.15, -0.1) is 0 Å². The van der Waals surface area contributed by atoms with E-state index in [0.29, 0.717) is 5.56 Å². The van der Waals surface area contributed by atoms with E-state index in [-0.39, 0.29) is 27.0 Å². The molecular weight excluding hydrogens is 485 g/mol. The van der Waals surface area contributed by atoms with Crippen molar-refractivity contribution >= 4 is 46.6 Å². The predicted octanol–water partition coefficient (Wildman–Crippen LogP) is 6.74. The van der Waals surface area contributed by atoms with Crippen LogP contribution in [0, 0.1) is 0 Å². The van der Waals surface area contributed by atoms with Gasteiger partial charge in [-0.3, -0.25) is 4.79 Å². The highest BCUT2D eigenvalue weighted by Crippen LogP contribution is 2.49. The van der Waals surface area contributed by atoms with Crippen LogP contribution in [0.1, 0.15) is 17.5 Å². The summed E-state index contributed by atoms with van der Waals surface area (Å²) in [6.45, 7) is 0. The summed E-state index contributed by atoms with van der Waals surface area (Å²) >= 11 is 11.7. The largest absolute Gasteiger partial charge is 0.471 e. The lowest BCUT2D eigenvalue weighted by Gasteiger charge is -2.29. The van der Waals surface area contributed by atoms with E-state index < -0.39 is 30.3 Å². The minimum atomic E-state index is -5.03. The van der Waals surface area contributed by atoms with E-state index in [1.165, 1.54) is 42.5 Å². The van der Waals surface area contributed by atoms with Crippen LogP contribution >= 0.6 is 23.2 Å². The zero-order chi connectivity index (χ0) is 23.7. The molecule has 1 aliphatic rings. The Labute approximate surface area is 187 Å². The fraction of sp³-hybridized carbons (Fsp3) is 0.200. The quantitative estimate of drug-likeness (QED) is 0.476. The number of amides is 1. The Balaban J connectivity index is 1.76. The Hall–Kier alpha value is -2.72. The molecule has 0 aliphatic carbocycles. The van der Waals surface area contributed by atoms with Crippen LogP contribution in [0.3, 0.4) is 0 Å². The molecule has 12 heteroatoms. The van der Waals surface area contributed by atoms with Crippen molar-refractivity contribution in [2.75, 3.05) is 5.32 Å². The number of nitrogens with zero attached hydrogens (tertiary/aromatic N) is 1. The molecule has 4 nitrogen and oxygen atoms in total. The van der Waals surface area contributed by atoms with Crippen LogP contribution in [0.15, 0.2) is 53.7 Å². The van der Waals surface area contributed by atoms with Crippen LogP contribution in [-0.4, -0.2) is 24.0 Å². The Kier molecular flexibility index (Phi) is 6.48. The SMILES string of the molecule is O=C(Nc1ccc(/C=C/C2=NOC(c3cc(Cl)cc(Cl)c3)(C(F)(F)F)C2)cc1)C(F)(F)F. The summed E-state index contributed by atoms with van der Waals surface area (Å²) < 4.78 is 78.6. The van der Waals surface area contributed by atoms with Gasteiger partial charge in [0, 0.05) is 27.7 Å². The van der Waals surface area contributed by atoms with Crippen molar-refractivity contribution < 1.29 is 36.0 Å². The van der Waals surface area contributed by atoms with Gasteiger partial charge in [0.1, 0.15) is 0 Å². The second kappa shape index (κ2) is 8.67. The minimum Gasteiger partial charge on any atom is -0.374 e. The lowest BCUT2D eigenvalue weighted by molar-refractivity contribution is -0.275. The number of rotatable bonds is 4. The molecule has 1 unspecified atom stereocenters. The first-order chi connectivity index (χ1) is 14.8. The summed E-state index contributed by atoms with van der Waals surface area (Å²) in [4.78, 5) is 15.8. The molecule has 0 fully saturated rings. The molecular formula is C20H12Cl2F6N2O2. The molecule has 2 aromatic rings. The van der Waals surface area contributed by atoms with Crippen molar-refractivity contribution in [3.63, 3.8) is 0 Å². The van der Waals surface area contributed by atoms with Crippen LogP contribution in [0.25, 0.3) is 6.08 Å². The van der Waals surface area contributed by atoms with E-state index in [1.54, 1.807) is 5.32 Å². The number of carbonyl (C=O) groups is 1. The van der Waals surface area contributed by atoms with E-state index in [4.69, 9.17) is 28.0 Å². The number of oxime groups is 1. The molecule has 32 heavy (non-hydrogen) atoms. The summed E-state index contributed by atoms with van der Waals surface area (Å²) in [7, 11) is 0.